The van der Waals surface area contributed by atoms with Crippen LogP contribution in [0.25, 0.3) is 107 Å². The minimum absolute atomic E-state index is 0.287. The number of hydrogen-bond donors (Lipinski definition) is 0. The number of aromatic nitrogens is 6. The van der Waals surface area contributed by atoms with E-state index >= 15 is 0 Å². The van der Waals surface area contributed by atoms with Crippen molar-refractivity contribution in [2.75, 3.05) is 0 Å². The zero-order valence-corrected chi connectivity index (χ0v) is 42.8. The Labute approximate surface area is 419 Å². The van der Waals surface area contributed by atoms with Crippen LogP contribution in [0.4, 0.5) is 0 Å². The molecule has 71 heavy (non-hydrogen) atoms. The fourth-order valence-corrected chi connectivity index (χ4v) is 10.4. The van der Waals surface area contributed by atoms with Crippen molar-refractivity contribution in [2.24, 2.45) is 0 Å². The summed E-state index contributed by atoms with van der Waals surface area (Å²) in [7, 11) is 0. The van der Waals surface area contributed by atoms with Crippen LogP contribution >= 0.6 is 0 Å². The summed E-state index contributed by atoms with van der Waals surface area (Å²) in [4.78, 5) is 19.7. The van der Waals surface area contributed by atoms with Crippen molar-refractivity contribution in [1.29, 1.82) is 0 Å². The van der Waals surface area contributed by atoms with Gasteiger partial charge in [0.2, 0.25) is 0 Å². The Hall–Kier alpha value is -7.70. The quantitative estimate of drug-likeness (QED) is 0.0905. The minimum atomic E-state index is 0.287. The molecule has 2 atom stereocenters. The first-order valence-electron chi connectivity index (χ1n) is 25.8. The molecule has 0 saturated carbocycles. The van der Waals surface area contributed by atoms with Crippen LogP contribution in [0.3, 0.4) is 0 Å². The maximum absolute atomic E-state index is 5.22. The number of rotatable bonds is 12. The molecule has 6 nitrogen and oxygen atoms in total. The van der Waals surface area contributed by atoms with Crippen molar-refractivity contribution in [3.63, 3.8) is 0 Å². The summed E-state index contributed by atoms with van der Waals surface area (Å²) in [6, 6.07) is 39.3. The molecule has 0 aliphatic heterocycles. The van der Waals surface area contributed by atoms with Gasteiger partial charge in [0, 0.05) is 50.5 Å². The summed E-state index contributed by atoms with van der Waals surface area (Å²) in [5.41, 5.74) is 17.9. The third-order valence-electron chi connectivity index (χ3n) is 13.9. The SMILES string of the molecule is C=C(/C=C\C=C/C)c1cc(-c2ccc3c(c2)c2ccc4c5cc(-c6cc(-c7ccccn7)nc(-c7ccccn7)c6)ccc5n5c6c(c(=C)n3c2c45)C(C)CC=C6)cc(C(C)CCCCC)n1.CC.CC. The summed E-state index contributed by atoms with van der Waals surface area (Å²) in [5.74, 6) is 0.619. The second kappa shape index (κ2) is 21.1. The van der Waals surface area contributed by atoms with E-state index in [1.54, 1.807) is 0 Å². The van der Waals surface area contributed by atoms with Gasteiger partial charge in [0.25, 0.3) is 0 Å². The Morgan fingerprint density at radius 2 is 1.28 bits per heavy atom. The van der Waals surface area contributed by atoms with Crippen LogP contribution in [0.5, 0.6) is 0 Å². The molecule has 10 aromatic rings. The minimum Gasteiger partial charge on any atom is -0.307 e. The molecule has 0 N–H and O–H groups in total. The fourth-order valence-electron chi connectivity index (χ4n) is 10.4. The highest BCUT2D eigenvalue weighted by Gasteiger charge is 2.26. The van der Waals surface area contributed by atoms with E-state index < -0.39 is 0 Å². The van der Waals surface area contributed by atoms with E-state index in [2.05, 4.69) is 137 Å². The van der Waals surface area contributed by atoms with Gasteiger partial charge in [-0.25, -0.2) is 4.98 Å². The second-order valence-corrected chi connectivity index (χ2v) is 18.3. The number of hydrogen-bond acceptors (Lipinski definition) is 4. The first-order chi connectivity index (χ1) is 34.8. The summed E-state index contributed by atoms with van der Waals surface area (Å²) < 4.78 is 4.98. The number of benzene rings is 3. The first-order valence-corrected chi connectivity index (χ1v) is 25.8. The van der Waals surface area contributed by atoms with Gasteiger partial charge in [0.1, 0.15) is 0 Å². The topological polar surface area (TPSA) is 60.4 Å². The summed E-state index contributed by atoms with van der Waals surface area (Å²) >= 11 is 0. The molecule has 11 rings (SSSR count). The van der Waals surface area contributed by atoms with E-state index in [1.165, 1.54) is 68.6 Å². The van der Waals surface area contributed by atoms with E-state index in [9.17, 15) is 0 Å². The maximum atomic E-state index is 5.22. The van der Waals surface area contributed by atoms with Gasteiger partial charge in [-0.15, -0.1) is 0 Å². The van der Waals surface area contributed by atoms with Crippen molar-refractivity contribution in [3.05, 3.63) is 187 Å². The Kier molecular flexibility index (Phi) is 14.4. The smallest absolute Gasteiger partial charge is 0.0900 e. The van der Waals surface area contributed by atoms with Crippen LogP contribution in [0, 0.1) is 0 Å². The number of fused-ring (bicyclic) bond motifs is 8. The van der Waals surface area contributed by atoms with Crippen molar-refractivity contribution in [2.45, 2.75) is 99.3 Å². The van der Waals surface area contributed by atoms with Gasteiger partial charge < -0.3 is 8.80 Å². The predicted molar refractivity (Wildman–Crippen MR) is 305 cm³/mol. The first kappa shape index (κ1) is 48.3. The summed E-state index contributed by atoms with van der Waals surface area (Å²) in [5, 5.41) is 5.86. The zero-order valence-electron chi connectivity index (χ0n) is 42.8. The predicted octanol–water partition coefficient (Wildman–Crippen LogP) is 17.4. The highest BCUT2D eigenvalue weighted by Crippen LogP contribution is 2.43. The molecule has 0 amide bonds. The third-order valence-corrected chi connectivity index (χ3v) is 13.9. The molecule has 7 aromatic heterocycles. The molecule has 7 heterocycles. The van der Waals surface area contributed by atoms with Crippen molar-refractivity contribution in [3.8, 4) is 45.0 Å². The lowest BCUT2D eigenvalue weighted by atomic mass is 9.92. The molecular formula is C65H66N6. The van der Waals surface area contributed by atoms with E-state index in [4.69, 9.17) is 16.5 Å². The van der Waals surface area contributed by atoms with Crippen molar-refractivity contribution in [1.82, 2.24) is 28.7 Å². The van der Waals surface area contributed by atoms with E-state index in [0.717, 1.165) is 85.7 Å². The molecule has 1 aliphatic rings. The molecule has 3 aromatic carbocycles. The molecule has 0 radical (unpaired) electrons. The average molecular weight is 931 g/mol. The Morgan fingerprint density at radius 1 is 0.676 bits per heavy atom. The molecule has 356 valence electrons. The zero-order chi connectivity index (χ0) is 49.8. The molecule has 6 heteroatoms. The van der Waals surface area contributed by atoms with Gasteiger partial charge in [-0.2, -0.15) is 0 Å². The van der Waals surface area contributed by atoms with Crippen molar-refractivity contribution < 1.29 is 0 Å². The third kappa shape index (κ3) is 8.93. The lowest BCUT2D eigenvalue weighted by molar-refractivity contribution is 0.588. The van der Waals surface area contributed by atoms with Crippen LogP contribution in [-0.4, -0.2) is 28.7 Å². The molecule has 0 spiro atoms. The van der Waals surface area contributed by atoms with Gasteiger partial charge in [0.15, 0.2) is 0 Å². The molecule has 0 fully saturated rings. The highest BCUT2D eigenvalue weighted by molar-refractivity contribution is 6.23. The largest absolute Gasteiger partial charge is 0.307 e. The number of unbranched alkanes of at least 4 members (excludes halogenated alkanes) is 2. The monoisotopic (exact) mass is 931 g/mol. The maximum Gasteiger partial charge on any atom is 0.0900 e. The van der Waals surface area contributed by atoms with Gasteiger partial charge >= 0.3 is 0 Å². The number of allylic oxidation sites excluding steroid dienone is 6. The molecule has 0 saturated heterocycles. The van der Waals surface area contributed by atoms with Gasteiger partial charge in [-0.05, 0) is 138 Å². The molecular weight excluding hydrogens is 865 g/mol. The van der Waals surface area contributed by atoms with Gasteiger partial charge in [-0.1, -0.05) is 148 Å². The van der Waals surface area contributed by atoms with E-state index in [0.29, 0.717) is 5.92 Å². The normalized spacial score (nSPS) is 13.8. The second-order valence-electron chi connectivity index (χ2n) is 18.3. The molecule has 1 aliphatic carbocycles. The average Bonchev–Trinajstić information content (AvgIpc) is 3.90. The molecule has 0 bridgehead atoms. The fraction of sp³-hybridized carbons (Fsp3) is 0.231. The van der Waals surface area contributed by atoms with E-state index in [-0.39, 0.29) is 5.92 Å². The number of pyridine rings is 4. The summed E-state index contributed by atoms with van der Waals surface area (Å²) in [6.07, 6.45) is 22.2. The Bertz CT molecular complexity index is 3640. The Balaban J connectivity index is 0.00000152. The van der Waals surface area contributed by atoms with Crippen LogP contribution in [0.15, 0.2) is 159 Å². The standard InChI is InChI=1S/C61H54N6.2C2H6/c1-7-9-11-18-38(3)52-34-44(35-53(64-52)39(4)19-12-10-8-2)42-24-28-56-48(32-42)46-26-27-47-49-33-43(45-36-54(50-21-13-15-30-62-50)65-55(37-45)51-22-14-16-31-63-51)25-29-57(49)67-58-23-17-20-40(5)59(58)41(6)66(56)60(46)61(47)67;2*1-2/h7,9,11,13-18,21-37,39-40H,3,6,8,10,12,19-20H2,1-2,4-5H3;2*1-2H3/b9-7-,18-11-;;. The lowest BCUT2D eigenvalue weighted by Crippen LogP contribution is -2.19. The van der Waals surface area contributed by atoms with Crippen LogP contribution < -0.4 is 5.35 Å². The van der Waals surface area contributed by atoms with Gasteiger partial charge in [-0.3, -0.25) is 15.0 Å². The van der Waals surface area contributed by atoms with Crippen molar-refractivity contribution >= 4 is 61.8 Å². The number of nitrogens with zero attached hydrogens (tertiary/aromatic N) is 6. The van der Waals surface area contributed by atoms with Gasteiger partial charge in [0.05, 0.1) is 56.2 Å². The molecule has 2 unspecified atom stereocenters. The van der Waals surface area contributed by atoms with E-state index in [1.807, 2.05) is 102 Å². The van der Waals surface area contributed by atoms with Crippen LogP contribution in [-0.2, 0) is 0 Å². The highest BCUT2D eigenvalue weighted by atomic mass is 15.0. The lowest BCUT2D eigenvalue weighted by Gasteiger charge is -2.18. The van der Waals surface area contributed by atoms with Crippen LogP contribution in [0.1, 0.15) is 122 Å². The Morgan fingerprint density at radius 3 is 1.87 bits per heavy atom. The van der Waals surface area contributed by atoms with Crippen LogP contribution in [0.2, 0.25) is 0 Å². The summed E-state index contributed by atoms with van der Waals surface area (Å²) in [6.45, 7) is 26.3.